The van der Waals surface area contributed by atoms with Crippen LogP contribution in [0.3, 0.4) is 0 Å². The second-order valence-corrected chi connectivity index (χ2v) is 6.55. The van der Waals surface area contributed by atoms with E-state index in [2.05, 4.69) is 15.9 Å². The number of anilines is 2. The van der Waals surface area contributed by atoms with E-state index in [1.807, 2.05) is 0 Å². The number of halogens is 5. The van der Waals surface area contributed by atoms with Crippen molar-refractivity contribution in [3.63, 3.8) is 0 Å². The van der Waals surface area contributed by atoms with E-state index in [0.717, 1.165) is 0 Å². The van der Waals surface area contributed by atoms with E-state index in [4.69, 9.17) is 95.8 Å². The highest BCUT2D eigenvalue weighted by Gasteiger charge is 2.16. The zero-order chi connectivity index (χ0) is 57.4. The molecule has 1 N–H and O–H groups in total. The molecule has 0 saturated carbocycles. The Bertz CT molecular complexity index is 2230. The van der Waals surface area contributed by atoms with Crippen LogP contribution >= 0.6 is 62.3 Å². The van der Waals surface area contributed by atoms with Gasteiger partial charge in [0.1, 0.15) is 0 Å². The fraction of sp³-hybridized carbons (Fsp3) is 0.538. The number of benzene rings is 2. The van der Waals surface area contributed by atoms with Crippen molar-refractivity contribution < 1.29 is 49.3 Å². The monoisotopic (exact) mass is 660 g/mol. The molecule has 2 aromatic carbocycles. The van der Waals surface area contributed by atoms with Gasteiger partial charge in [-0.15, -0.1) is 23.2 Å². The van der Waals surface area contributed by atoms with Gasteiger partial charge in [-0.25, -0.2) is 0 Å². The first kappa shape index (κ1) is 7.62. The van der Waals surface area contributed by atoms with Crippen molar-refractivity contribution in [3.8, 4) is 0 Å². The van der Waals surface area contributed by atoms with E-state index in [1.54, 1.807) is 5.32 Å². The number of hydrogen-bond donors (Lipinski definition) is 1. The molecule has 0 spiro atoms. The SMILES string of the molecule is [2H]C([2H])(Cl)C([2H])([2H])C([2H])([2H])Br.[2H]c1c([2H])c(Cl)c([2H])c(N2C([2H])([2H])C([2H])([2H])N(C([2H])([2H])C([2H])([2H])C([2H])([2H])Cl)C([2H])([2H])C2([2H])[2H])c1[2H].[2H]c1c([2H])c(Cl)c([2H])c(N2C([2H])([2H])C([2H])([2H])NC([2H])([2H])C2([2H])[2H])c1[2H]. The molecule has 0 aliphatic carbocycles. The second-order valence-electron chi connectivity index (χ2n) is 5.02. The molecular weight excluding hydrogens is 590 g/mol. The van der Waals surface area contributed by atoms with Gasteiger partial charge in [-0.3, -0.25) is 4.90 Å². The van der Waals surface area contributed by atoms with Crippen LogP contribution in [0.25, 0.3) is 0 Å². The van der Waals surface area contributed by atoms with Gasteiger partial charge in [0, 0.05) is 118 Å². The summed E-state index contributed by atoms with van der Waals surface area (Å²) in [6.07, 6.45) is -6.73. The average molecular weight is 664 g/mol. The summed E-state index contributed by atoms with van der Waals surface area (Å²) in [6, 6.07) is -7.46. The summed E-state index contributed by atoms with van der Waals surface area (Å²) in [7, 11) is 0. The van der Waals surface area contributed by atoms with Gasteiger partial charge >= 0.3 is 0 Å². The third kappa shape index (κ3) is 12.6. The van der Waals surface area contributed by atoms with Crippen molar-refractivity contribution in [2.45, 2.75) is 12.7 Å². The van der Waals surface area contributed by atoms with E-state index in [0.29, 0.717) is 0 Å². The van der Waals surface area contributed by atoms with Crippen LogP contribution in [0.4, 0.5) is 11.4 Å². The maximum absolute atomic E-state index is 8.35. The van der Waals surface area contributed by atoms with Crippen molar-refractivity contribution in [1.29, 1.82) is 0 Å². The van der Waals surface area contributed by atoms with Crippen LogP contribution in [-0.4, -0.2) is 80.3 Å². The summed E-state index contributed by atoms with van der Waals surface area (Å²) >= 11 is 24.2. The molecule has 35 heavy (non-hydrogen) atoms. The lowest BCUT2D eigenvalue weighted by Crippen LogP contribution is -2.46. The lowest BCUT2D eigenvalue weighted by molar-refractivity contribution is 0.259. The molecule has 4 nitrogen and oxygen atoms in total. The highest BCUT2D eigenvalue weighted by molar-refractivity contribution is 9.09. The first-order valence-corrected chi connectivity index (χ1v) is 10.8. The van der Waals surface area contributed by atoms with Gasteiger partial charge in [-0.1, -0.05) is 51.2 Å². The minimum absolute atomic E-state index is 0.0233. The Morgan fingerprint density at radius 2 is 1.34 bits per heavy atom. The molecule has 4 rings (SSSR count). The van der Waals surface area contributed by atoms with Gasteiger partial charge in [0.05, 0.1) is 21.9 Å². The molecule has 196 valence electrons. The summed E-state index contributed by atoms with van der Waals surface area (Å²) in [5.74, 6) is -6.35. The molecule has 9 heteroatoms. The smallest absolute Gasteiger partial charge is 0.0660 e. The minimum atomic E-state index is -4.14. The fourth-order valence-corrected chi connectivity index (χ4v) is 2.28. The molecule has 2 fully saturated rings. The van der Waals surface area contributed by atoms with Crippen molar-refractivity contribution in [1.82, 2.24) is 10.2 Å². The van der Waals surface area contributed by atoms with E-state index in [-0.39, 0.29) is 9.80 Å². The Labute approximate surface area is 290 Å². The highest BCUT2D eigenvalue weighted by Crippen LogP contribution is 2.21. The number of hydrogen-bond acceptors (Lipinski definition) is 4. The maximum atomic E-state index is 8.35. The number of nitrogens with one attached hydrogen (secondary N) is 1. The molecule has 0 aromatic heterocycles. The average Bonchev–Trinajstić information content (AvgIpc) is 3.14. The predicted octanol–water partition coefficient (Wildman–Crippen LogP) is 6.85. The van der Waals surface area contributed by atoms with Crippen molar-refractivity contribution in [2.24, 2.45) is 0 Å². The molecule has 2 saturated heterocycles. The standard InChI is InChI=1S/C13H18Cl2N2.C10H13ClN2.C3H6BrCl/c14-5-2-6-16-7-9-17(10-8-16)13-4-1-3-12(15)11-13;11-9-2-1-3-10(8-9)13-6-4-12-5-7-13;4-2-1-3-5/h1,3-4,11H,2,5-10H2;1-3,8,12H,4-7H2;1-3H2/i1D,2D2,3D,4D,5D2,6D2,7D2,8D2,9D2,10D2,11D;1D,2D,3D,4D2,5D2,6D2,7D2,8D;1D2,2D2,3D2. The van der Waals surface area contributed by atoms with Gasteiger partial charge in [-0.05, 0) is 55.5 Å². The summed E-state index contributed by atoms with van der Waals surface area (Å²) in [4.78, 5) is -1.14. The van der Waals surface area contributed by atoms with Gasteiger partial charge in [0.2, 0.25) is 0 Å². The first-order chi connectivity index (χ1) is 30.7. The van der Waals surface area contributed by atoms with E-state index < -0.39 is 163 Å². The number of rotatable bonds is 7. The zero-order valence-corrected chi connectivity index (χ0v) is 21.3. The van der Waals surface area contributed by atoms with Crippen LogP contribution in [0.1, 0.15) is 62.1 Å². The van der Waals surface area contributed by atoms with Crippen LogP contribution in [0.15, 0.2) is 48.3 Å². The highest BCUT2D eigenvalue weighted by atomic mass is 79.9. The molecule has 0 amide bonds. The third-order valence-electron chi connectivity index (χ3n) is 2.93. The Morgan fingerprint density at radius 1 is 0.829 bits per heavy atom. The largest absolute Gasteiger partial charge is 0.369 e. The van der Waals surface area contributed by atoms with Crippen molar-refractivity contribution >= 4 is 73.7 Å². The van der Waals surface area contributed by atoms with Crippen LogP contribution in [0, 0.1) is 0 Å². The first-order valence-electron chi connectivity index (χ1n) is 26.5. The topological polar surface area (TPSA) is 21.8 Å². The van der Waals surface area contributed by atoms with Crippen molar-refractivity contribution in [3.05, 3.63) is 58.4 Å². The summed E-state index contributed by atoms with van der Waals surface area (Å²) < 4.78 is 280. The van der Waals surface area contributed by atoms with E-state index >= 15 is 0 Å². The lowest BCUT2D eigenvalue weighted by atomic mass is 10.2. The fourth-order valence-electron chi connectivity index (χ4n) is 1.70. The Morgan fingerprint density at radius 3 is 1.80 bits per heavy atom. The molecule has 0 radical (unpaired) electrons. The maximum Gasteiger partial charge on any atom is 0.0660 e. The Hall–Kier alpha value is -0.400. The molecular formula is C26H37BrCl4N4. The molecule has 0 atom stereocenters. The van der Waals surface area contributed by atoms with E-state index in [1.165, 1.54) is 0 Å². The summed E-state index contributed by atoms with van der Waals surface area (Å²) in [6.45, 7) is -32.8. The lowest BCUT2D eigenvalue weighted by Gasteiger charge is -2.36. The normalized spacial score (nSPS) is 45.2. The zero-order valence-electron chi connectivity index (χ0n) is 52.7. The van der Waals surface area contributed by atoms with Gasteiger partial charge in [0.25, 0.3) is 0 Å². The van der Waals surface area contributed by atoms with Crippen LogP contribution in [0.2, 0.25) is 10.0 Å². The van der Waals surface area contributed by atoms with Crippen LogP contribution < -0.4 is 15.1 Å². The molecule has 2 aromatic rings. The summed E-state index contributed by atoms with van der Waals surface area (Å²) in [5.41, 5.74) is -2.12. The van der Waals surface area contributed by atoms with Gasteiger partial charge < -0.3 is 15.1 Å². The quantitative estimate of drug-likeness (QED) is 0.328. The summed E-state index contributed by atoms with van der Waals surface area (Å²) in [5, 5.41) is -2.35. The number of piperazine rings is 2. The molecule has 0 bridgehead atoms. The number of alkyl halides is 3. The molecule has 2 heterocycles. The molecule has 0 unspecified atom stereocenters. The second kappa shape index (κ2) is 18.8. The van der Waals surface area contributed by atoms with Crippen LogP contribution in [-0.2, 0) is 0 Å². The molecule has 2 aliphatic rings. The Balaban J connectivity index is 0.000000416. The van der Waals surface area contributed by atoms with Gasteiger partial charge in [-0.2, -0.15) is 0 Å². The van der Waals surface area contributed by atoms with Crippen molar-refractivity contribution in [2.75, 3.05) is 85.2 Å². The Kier molecular flexibility index (Phi) is 4.09. The van der Waals surface area contributed by atoms with Crippen LogP contribution in [0.5, 0.6) is 0 Å². The number of nitrogens with zero attached hydrogens (tertiary/aromatic N) is 3. The third-order valence-corrected chi connectivity index (χ3v) is 3.69. The predicted molar refractivity (Wildman–Crippen MR) is 161 cm³/mol. The van der Waals surface area contributed by atoms with Gasteiger partial charge in [0.15, 0.2) is 0 Å². The molecule has 2 aliphatic heterocycles. The minimum Gasteiger partial charge on any atom is -0.369 e. The van der Waals surface area contributed by atoms with E-state index in [9.17, 15) is 0 Å².